The summed E-state index contributed by atoms with van der Waals surface area (Å²) < 4.78 is 50.3. The summed E-state index contributed by atoms with van der Waals surface area (Å²) in [7, 11) is -7.00. The van der Waals surface area contributed by atoms with Crippen molar-refractivity contribution in [1.29, 1.82) is 0 Å². The standard InChI is InChI=1S/C7H8O3S.C5H11NO2S/c1-6-2-4-7(5-3-6)11(8,9)10;1-5(6)3-4-9(2,7)8/h2-5H,1H3,(H,8,9,10);3-5H,6H2,1-2H3/b;4-3+/t;5-/m.0/s1. The van der Waals surface area contributed by atoms with Crippen molar-refractivity contribution >= 4 is 20.0 Å². The number of aryl methyl sites for hydroxylation is 1. The van der Waals surface area contributed by atoms with E-state index in [9.17, 15) is 16.8 Å². The summed E-state index contributed by atoms with van der Waals surface area (Å²) in [4.78, 5) is -0.0666. The molecule has 1 aromatic carbocycles. The van der Waals surface area contributed by atoms with Crippen LogP contribution in [0.5, 0.6) is 0 Å². The van der Waals surface area contributed by atoms with Crippen molar-refractivity contribution in [3.8, 4) is 0 Å². The van der Waals surface area contributed by atoms with Crippen LogP contribution in [0.1, 0.15) is 12.5 Å². The van der Waals surface area contributed by atoms with Crippen molar-refractivity contribution in [2.45, 2.75) is 24.8 Å². The quantitative estimate of drug-likeness (QED) is 0.807. The molecule has 0 saturated carbocycles. The Balaban J connectivity index is 0.000000370. The van der Waals surface area contributed by atoms with Crippen LogP contribution < -0.4 is 5.73 Å². The minimum absolute atomic E-state index is 0.0666. The summed E-state index contributed by atoms with van der Waals surface area (Å²) in [6.45, 7) is 3.55. The zero-order valence-corrected chi connectivity index (χ0v) is 13.1. The Kier molecular flexibility index (Phi) is 7.07. The highest BCUT2D eigenvalue weighted by molar-refractivity contribution is 7.93. The maximum atomic E-state index is 10.5. The molecule has 1 atom stereocenters. The van der Waals surface area contributed by atoms with Crippen LogP contribution in [-0.2, 0) is 20.0 Å². The fourth-order valence-electron chi connectivity index (χ4n) is 0.977. The van der Waals surface area contributed by atoms with Gasteiger partial charge in [0.05, 0.1) is 4.90 Å². The first-order valence-corrected chi connectivity index (χ1v) is 8.99. The van der Waals surface area contributed by atoms with Gasteiger partial charge in [0, 0.05) is 17.7 Å². The van der Waals surface area contributed by atoms with Gasteiger partial charge in [-0.3, -0.25) is 4.55 Å². The number of rotatable bonds is 3. The molecule has 20 heavy (non-hydrogen) atoms. The molecule has 1 rings (SSSR count). The minimum atomic E-state index is -4.02. The maximum Gasteiger partial charge on any atom is 0.294 e. The second-order valence-corrected chi connectivity index (χ2v) is 7.66. The molecule has 0 saturated heterocycles. The first-order valence-electron chi connectivity index (χ1n) is 5.60. The molecule has 0 aliphatic heterocycles. The third kappa shape index (κ3) is 9.68. The summed E-state index contributed by atoms with van der Waals surface area (Å²) >= 11 is 0. The molecule has 6 nitrogen and oxygen atoms in total. The van der Waals surface area contributed by atoms with E-state index < -0.39 is 20.0 Å². The van der Waals surface area contributed by atoms with Gasteiger partial charge in [0.1, 0.15) is 0 Å². The van der Waals surface area contributed by atoms with E-state index in [1.165, 1.54) is 18.2 Å². The highest BCUT2D eigenvalue weighted by Gasteiger charge is 2.06. The lowest BCUT2D eigenvalue weighted by Gasteiger charge is -1.95. The molecule has 0 heterocycles. The molecule has 1 aromatic rings. The van der Waals surface area contributed by atoms with Crippen molar-refractivity contribution in [3.63, 3.8) is 0 Å². The molecule has 0 unspecified atom stereocenters. The van der Waals surface area contributed by atoms with Crippen LogP contribution in [0.15, 0.2) is 40.6 Å². The van der Waals surface area contributed by atoms with Gasteiger partial charge in [0.2, 0.25) is 0 Å². The molecule has 0 aliphatic rings. The smallest absolute Gasteiger partial charge is 0.294 e. The lowest BCUT2D eigenvalue weighted by Crippen LogP contribution is -2.10. The van der Waals surface area contributed by atoms with Gasteiger partial charge in [-0.15, -0.1) is 0 Å². The number of hydrogen-bond donors (Lipinski definition) is 2. The fourth-order valence-corrected chi connectivity index (χ4v) is 1.99. The first kappa shape index (κ1) is 18.8. The number of benzene rings is 1. The van der Waals surface area contributed by atoms with E-state index in [0.717, 1.165) is 17.2 Å². The van der Waals surface area contributed by atoms with Crippen LogP contribution in [-0.4, -0.2) is 33.7 Å². The van der Waals surface area contributed by atoms with E-state index in [2.05, 4.69) is 0 Å². The second kappa shape index (κ2) is 7.53. The topological polar surface area (TPSA) is 115 Å². The first-order chi connectivity index (χ1) is 8.92. The number of sulfone groups is 1. The fraction of sp³-hybridized carbons (Fsp3) is 0.333. The Labute approximate surface area is 120 Å². The molecule has 0 amide bonds. The largest absolute Gasteiger partial charge is 0.325 e. The summed E-state index contributed by atoms with van der Waals surface area (Å²) in [5.41, 5.74) is 6.20. The van der Waals surface area contributed by atoms with E-state index in [0.29, 0.717) is 0 Å². The molecule has 0 radical (unpaired) electrons. The zero-order valence-electron chi connectivity index (χ0n) is 11.5. The summed E-state index contributed by atoms with van der Waals surface area (Å²) in [5.74, 6) is 0. The van der Waals surface area contributed by atoms with E-state index >= 15 is 0 Å². The van der Waals surface area contributed by atoms with Crippen molar-refractivity contribution in [1.82, 2.24) is 0 Å². The van der Waals surface area contributed by atoms with E-state index in [-0.39, 0.29) is 10.9 Å². The molecule has 0 fully saturated rings. The van der Waals surface area contributed by atoms with Crippen LogP contribution >= 0.6 is 0 Å². The van der Waals surface area contributed by atoms with Crippen molar-refractivity contribution < 1.29 is 21.4 Å². The van der Waals surface area contributed by atoms with Gasteiger partial charge >= 0.3 is 0 Å². The molecular weight excluding hydrogens is 302 g/mol. The van der Waals surface area contributed by atoms with Crippen molar-refractivity contribution in [2.75, 3.05) is 6.26 Å². The second-order valence-electron chi connectivity index (χ2n) is 4.31. The van der Waals surface area contributed by atoms with E-state index in [1.54, 1.807) is 19.1 Å². The molecule has 0 bridgehead atoms. The van der Waals surface area contributed by atoms with Crippen LogP contribution in [0.2, 0.25) is 0 Å². The lowest BCUT2D eigenvalue weighted by atomic mass is 10.2. The Morgan fingerprint density at radius 1 is 1.15 bits per heavy atom. The van der Waals surface area contributed by atoms with Crippen LogP contribution in [0.3, 0.4) is 0 Å². The molecule has 0 aliphatic carbocycles. The molecule has 0 aromatic heterocycles. The van der Waals surface area contributed by atoms with Gasteiger partial charge in [-0.1, -0.05) is 23.8 Å². The van der Waals surface area contributed by atoms with Crippen molar-refractivity contribution in [2.24, 2.45) is 5.73 Å². The van der Waals surface area contributed by atoms with Crippen molar-refractivity contribution in [3.05, 3.63) is 41.3 Å². The average molecular weight is 321 g/mol. The average Bonchev–Trinajstić information content (AvgIpc) is 2.26. The Morgan fingerprint density at radius 3 is 1.85 bits per heavy atom. The van der Waals surface area contributed by atoms with Gasteiger partial charge in [-0.25, -0.2) is 8.42 Å². The molecule has 3 N–H and O–H groups in total. The SMILES string of the molecule is C[C@H](N)/C=C/S(C)(=O)=O.Cc1ccc(S(=O)(=O)O)cc1. The third-order valence-corrected chi connectivity index (χ3v) is 3.47. The molecule has 114 valence electrons. The highest BCUT2D eigenvalue weighted by atomic mass is 32.2. The zero-order chi connectivity index (χ0) is 16.0. The van der Waals surface area contributed by atoms with Crippen LogP contribution in [0, 0.1) is 6.92 Å². The number of hydrogen-bond acceptors (Lipinski definition) is 5. The van der Waals surface area contributed by atoms with Gasteiger partial charge in [-0.2, -0.15) is 8.42 Å². The number of nitrogens with two attached hydrogens (primary N) is 1. The minimum Gasteiger partial charge on any atom is -0.325 e. The molecule has 8 heteroatoms. The molecule has 0 spiro atoms. The maximum absolute atomic E-state index is 10.5. The predicted octanol–water partition coefficient (Wildman–Crippen LogP) is 1.13. The third-order valence-electron chi connectivity index (χ3n) is 1.95. The predicted molar refractivity (Wildman–Crippen MR) is 78.6 cm³/mol. The van der Waals surface area contributed by atoms with Gasteiger partial charge < -0.3 is 5.73 Å². The summed E-state index contributed by atoms with van der Waals surface area (Å²) in [5, 5.41) is 1.11. The van der Waals surface area contributed by atoms with Gasteiger partial charge in [-0.05, 0) is 26.0 Å². The van der Waals surface area contributed by atoms with E-state index in [4.69, 9.17) is 10.3 Å². The van der Waals surface area contributed by atoms with Gasteiger partial charge in [0.25, 0.3) is 10.1 Å². The van der Waals surface area contributed by atoms with Crippen LogP contribution in [0.25, 0.3) is 0 Å². The summed E-state index contributed by atoms with van der Waals surface area (Å²) in [6.07, 6.45) is 2.57. The Bertz CT molecular complexity index is 644. The summed E-state index contributed by atoms with van der Waals surface area (Å²) in [6, 6.07) is 5.79. The normalized spacial score (nSPS) is 13.7. The monoisotopic (exact) mass is 321 g/mol. The van der Waals surface area contributed by atoms with Gasteiger partial charge in [0.15, 0.2) is 9.84 Å². The highest BCUT2D eigenvalue weighted by Crippen LogP contribution is 2.08. The lowest BCUT2D eigenvalue weighted by molar-refractivity contribution is 0.483. The Morgan fingerprint density at radius 2 is 1.60 bits per heavy atom. The Hall–Kier alpha value is -1.22. The van der Waals surface area contributed by atoms with Crippen LogP contribution in [0.4, 0.5) is 0 Å². The van der Waals surface area contributed by atoms with E-state index in [1.807, 2.05) is 6.92 Å². The molecular formula is C12H19NO5S2.